The quantitative estimate of drug-likeness (QED) is 0.484. The van der Waals surface area contributed by atoms with Crippen LogP contribution in [0.25, 0.3) is 11.1 Å². The number of piperazine rings is 1. The first-order valence-corrected chi connectivity index (χ1v) is 13.0. The van der Waals surface area contributed by atoms with Crippen LogP contribution in [0.15, 0.2) is 53.6 Å². The van der Waals surface area contributed by atoms with Gasteiger partial charge in [0.2, 0.25) is 10.0 Å². The third kappa shape index (κ3) is 5.13. The molecule has 37 heavy (non-hydrogen) atoms. The Morgan fingerprint density at radius 1 is 1.05 bits per heavy atom. The van der Waals surface area contributed by atoms with Gasteiger partial charge in [0.15, 0.2) is 4.90 Å². The fraction of sp³-hybridized carbons (Fsp3) is 0.240. The smallest absolute Gasteiger partial charge is 0.254 e. The molecule has 0 atom stereocenters. The number of rotatable bonds is 5. The Morgan fingerprint density at radius 2 is 1.70 bits per heavy atom. The van der Waals surface area contributed by atoms with Crippen molar-refractivity contribution in [2.24, 2.45) is 0 Å². The van der Waals surface area contributed by atoms with Gasteiger partial charge in [-0.15, -0.1) is 0 Å². The Labute approximate surface area is 218 Å². The molecule has 0 saturated carbocycles. The van der Waals surface area contributed by atoms with Crippen molar-refractivity contribution in [3.63, 3.8) is 0 Å². The average Bonchev–Trinajstić information content (AvgIpc) is 2.87. The second-order valence-corrected chi connectivity index (χ2v) is 10.8. The molecule has 0 N–H and O–H groups in total. The van der Waals surface area contributed by atoms with E-state index in [2.05, 4.69) is 11.1 Å². The van der Waals surface area contributed by atoms with Crippen LogP contribution in [0, 0.1) is 23.0 Å². The van der Waals surface area contributed by atoms with Crippen molar-refractivity contribution in [3.05, 3.63) is 76.4 Å². The summed E-state index contributed by atoms with van der Waals surface area (Å²) in [5.41, 5.74) is 1.89. The lowest BCUT2D eigenvalue weighted by Crippen LogP contribution is -2.49. The Morgan fingerprint density at radius 3 is 2.27 bits per heavy atom. The molecule has 8 nitrogen and oxygen atoms in total. The number of aromatic nitrogens is 1. The Kier molecular flexibility index (Phi) is 7.45. The fourth-order valence-electron chi connectivity index (χ4n) is 4.06. The molecule has 0 radical (unpaired) electrons. The summed E-state index contributed by atoms with van der Waals surface area (Å²) < 4.78 is 54.9. The number of sulfonamides is 1. The molecule has 3 aromatic rings. The number of carbonyl (C=O) groups is 1. The molecule has 1 aromatic heterocycles. The number of benzene rings is 2. The van der Waals surface area contributed by atoms with Crippen molar-refractivity contribution in [1.82, 2.24) is 14.2 Å². The predicted octanol–water partition coefficient (Wildman–Crippen LogP) is 3.76. The third-order valence-electron chi connectivity index (χ3n) is 5.98. The number of hydrogen-bond donors (Lipinski definition) is 0. The number of nitriles is 1. The number of carbonyl (C=O) groups excluding carboxylic acids is 1. The summed E-state index contributed by atoms with van der Waals surface area (Å²) in [6.45, 7) is 0.260. The van der Waals surface area contributed by atoms with Crippen LogP contribution in [-0.2, 0) is 10.0 Å². The zero-order chi connectivity index (χ0) is 26.9. The zero-order valence-corrected chi connectivity index (χ0v) is 21.5. The minimum atomic E-state index is -4.37. The van der Waals surface area contributed by atoms with Crippen LogP contribution in [0.3, 0.4) is 0 Å². The van der Waals surface area contributed by atoms with Crippen molar-refractivity contribution in [2.75, 3.05) is 45.2 Å². The number of nitrogens with zero attached hydrogens (tertiary/aromatic N) is 5. The van der Waals surface area contributed by atoms with E-state index in [1.807, 2.05) is 0 Å². The number of amides is 1. The summed E-state index contributed by atoms with van der Waals surface area (Å²) in [6.07, 6.45) is 1.56. The predicted molar refractivity (Wildman–Crippen MR) is 135 cm³/mol. The molecule has 1 aliphatic heterocycles. The Balaban J connectivity index is 1.54. The van der Waals surface area contributed by atoms with E-state index in [1.165, 1.54) is 4.90 Å². The van der Waals surface area contributed by atoms with E-state index >= 15 is 0 Å². The number of anilines is 1. The maximum Gasteiger partial charge on any atom is 0.254 e. The van der Waals surface area contributed by atoms with Gasteiger partial charge in [-0.05, 0) is 35.9 Å². The topological polar surface area (TPSA) is 97.6 Å². The molecule has 2 aromatic carbocycles. The van der Waals surface area contributed by atoms with Crippen molar-refractivity contribution >= 4 is 33.3 Å². The van der Waals surface area contributed by atoms with Crippen LogP contribution in [0.2, 0.25) is 5.02 Å². The van der Waals surface area contributed by atoms with Gasteiger partial charge in [0.05, 0.1) is 16.1 Å². The molecule has 1 saturated heterocycles. The molecule has 1 fully saturated rings. The second-order valence-electron chi connectivity index (χ2n) is 8.54. The first-order chi connectivity index (χ1) is 17.5. The fourth-order valence-corrected chi connectivity index (χ4v) is 5.85. The molecular weight excluding hydrogens is 524 g/mol. The lowest BCUT2D eigenvalue weighted by molar-refractivity contribution is 0.0828. The van der Waals surface area contributed by atoms with Gasteiger partial charge in [-0.1, -0.05) is 23.7 Å². The molecule has 12 heteroatoms. The maximum atomic E-state index is 14.1. The highest BCUT2D eigenvalue weighted by Crippen LogP contribution is 2.30. The highest BCUT2D eigenvalue weighted by atomic mass is 35.5. The van der Waals surface area contributed by atoms with Gasteiger partial charge in [-0.25, -0.2) is 22.2 Å². The summed E-state index contributed by atoms with van der Waals surface area (Å²) in [5.74, 6) is -2.16. The van der Waals surface area contributed by atoms with Crippen molar-refractivity contribution in [3.8, 4) is 17.2 Å². The zero-order valence-electron chi connectivity index (χ0n) is 20.0. The lowest BCUT2D eigenvalue weighted by atomic mass is 10.0. The van der Waals surface area contributed by atoms with E-state index in [0.29, 0.717) is 22.5 Å². The van der Waals surface area contributed by atoms with Gasteiger partial charge in [0.1, 0.15) is 23.5 Å². The highest BCUT2D eigenvalue weighted by molar-refractivity contribution is 7.89. The molecule has 0 unspecified atom stereocenters. The van der Waals surface area contributed by atoms with Crippen LogP contribution in [-0.4, -0.2) is 68.8 Å². The summed E-state index contributed by atoms with van der Waals surface area (Å²) in [4.78, 5) is 18.9. The highest BCUT2D eigenvalue weighted by Gasteiger charge is 2.33. The first kappa shape index (κ1) is 26.5. The van der Waals surface area contributed by atoms with Gasteiger partial charge in [-0.2, -0.15) is 9.57 Å². The van der Waals surface area contributed by atoms with Crippen LogP contribution >= 0.6 is 11.6 Å². The molecule has 192 valence electrons. The maximum absolute atomic E-state index is 14.1. The summed E-state index contributed by atoms with van der Waals surface area (Å²) in [6, 6.07) is 11.6. The molecule has 0 aliphatic carbocycles. The SMILES string of the molecule is CN(C)C(=O)c1ccc(-c2cnc(N3CCN(S(=O)(=O)c4c(F)cccc4F)CC3)c(C#N)c2)cc1Cl. The normalized spacial score (nSPS) is 14.3. The van der Waals surface area contributed by atoms with Crippen molar-refractivity contribution in [1.29, 1.82) is 5.26 Å². The van der Waals surface area contributed by atoms with E-state index < -0.39 is 26.6 Å². The van der Waals surface area contributed by atoms with E-state index in [4.69, 9.17) is 11.6 Å². The number of pyridine rings is 1. The van der Waals surface area contributed by atoms with E-state index in [9.17, 15) is 27.3 Å². The average molecular weight is 546 g/mol. The molecule has 2 heterocycles. The van der Waals surface area contributed by atoms with Gasteiger partial charge in [0.25, 0.3) is 5.91 Å². The van der Waals surface area contributed by atoms with Gasteiger partial charge >= 0.3 is 0 Å². The minimum absolute atomic E-state index is 0.0403. The monoisotopic (exact) mass is 545 g/mol. The number of halogens is 3. The summed E-state index contributed by atoms with van der Waals surface area (Å²) >= 11 is 6.32. The number of hydrogen-bond acceptors (Lipinski definition) is 6. The van der Waals surface area contributed by atoms with Gasteiger partial charge in [0, 0.05) is 52.0 Å². The molecule has 1 amide bonds. The van der Waals surface area contributed by atoms with Crippen molar-refractivity contribution < 1.29 is 22.0 Å². The third-order valence-corrected chi connectivity index (χ3v) is 8.24. The van der Waals surface area contributed by atoms with E-state index in [-0.39, 0.29) is 42.7 Å². The molecule has 0 spiro atoms. The van der Waals surface area contributed by atoms with E-state index in [1.54, 1.807) is 49.5 Å². The van der Waals surface area contributed by atoms with Crippen LogP contribution in [0.4, 0.5) is 14.6 Å². The van der Waals surface area contributed by atoms with Crippen LogP contribution < -0.4 is 4.90 Å². The molecule has 0 bridgehead atoms. The second kappa shape index (κ2) is 10.4. The Bertz CT molecular complexity index is 1500. The van der Waals surface area contributed by atoms with Crippen molar-refractivity contribution in [2.45, 2.75) is 4.90 Å². The Hall–Kier alpha value is -3.59. The van der Waals surface area contributed by atoms with Crippen LogP contribution in [0.1, 0.15) is 15.9 Å². The largest absolute Gasteiger partial charge is 0.353 e. The van der Waals surface area contributed by atoms with E-state index in [0.717, 1.165) is 22.5 Å². The summed E-state index contributed by atoms with van der Waals surface area (Å²) in [5, 5.41) is 10.0. The lowest BCUT2D eigenvalue weighted by Gasteiger charge is -2.35. The molecular formula is C25H22ClF2N5O3S. The summed E-state index contributed by atoms with van der Waals surface area (Å²) in [7, 11) is -1.12. The standard InChI is InChI=1S/C25H22ClF2N5O3S/c1-31(2)25(34)19-7-6-16(13-20(19)26)18-12-17(14-29)24(30-15-18)32-8-10-33(11-9-32)37(35,36)23-21(27)4-3-5-22(23)28/h3-7,12-13,15H,8-11H2,1-2H3. The minimum Gasteiger partial charge on any atom is -0.353 e. The van der Waals surface area contributed by atoms with Gasteiger partial charge in [-0.3, -0.25) is 4.79 Å². The van der Waals surface area contributed by atoms with Gasteiger partial charge < -0.3 is 9.80 Å². The first-order valence-electron chi connectivity index (χ1n) is 11.2. The molecule has 4 rings (SSSR count). The van der Waals surface area contributed by atoms with Crippen LogP contribution in [0.5, 0.6) is 0 Å². The molecule has 1 aliphatic rings.